The summed E-state index contributed by atoms with van der Waals surface area (Å²) in [5, 5.41) is 3.21. The van der Waals surface area contributed by atoms with Gasteiger partial charge in [0.2, 0.25) is 0 Å². The van der Waals surface area contributed by atoms with Crippen molar-refractivity contribution in [2.45, 2.75) is 31.1 Å². The first-order valence-electron chi connectivity index (χ1n) is 8.98. The molecule has 0 atom stereocenters. The number of aryl methyl sites for hydroxylation is 1. The summed E-state index contributed by atoms with van der Waals surface area (Å²) in [4.78, 5) is 17.6. The molecule has 29 heavy (non-hydrogen) atoms. The Bertz CT molecular complexity index is 1120. The fraction of sp³-hybridized carbons (Fsp3) is 0.200. The van der Waals surface area contributed by atoms with E-state index in [9.17, 15) is 17.8 Å². The lowest BCUT2D eigenvalue weighted by molar-refractivity contribution is 0.102. The number of nitrogens with one attached hydrogen (secondary N) is 1. The maximum Gasteiger partial charge on any atom is 0.295 e. The van der Waals surface area contributed by atoms with E-state index in [4.69, 9.17) is 5.73 Å². The van der Waals surface area contributed by atoms with Crippen LogP contribution in [0, 0.1) is 0 Å². The molecule has 0 aliphatic heterocycles. The number of anilines is 2. The second kappa shape index (κ2) is 8.73. The van der Waals surface area contributed by atoms with Crippen molar-refractivity contribution in [3.63, 3.8) is 0 Å². The van der Waals surface area contributed by atoms with E-state index >= 15 is 0 Å². The number of carbonyl (C=O) groups is 1. The van der Waals surface area contributed by atoms with Crippen LogP contribution in [0.25, 0.3) is 0 Å². The number of nitrogen functional groups attached to an aromatic ring is 1. The van der Waals surface area contributed by atoms with Crippen molar-refractivity contribution in [1.82, 2.24) is 4.98 Å². The predicted octanol–water partition coefficient (Wildman–Crippen LogP) is 3.77. The summed E-state index contributed by atoms with van der Waals surface area (Å²) in [6, 6.07) is 12.7. The van der Waals surface area contributed by atoms with Crippen molar-refractivity contribution < 1.29 is 17.8 Å². The molecule has 1 amide bonds. The Balaban J connectivity index is 1.74. The average Bonchev–Trinajstić information content (AvgIpc) is 3.02. The monoisotopic (exact) mass is 431 g/mol. The van der Waals surface area contributed by atoms with Crippen LogP contribution in [-0.2, 0) is 23.0 Å². The number of hydrogen-bond acceptors (Lipinski definition) is 6. The molecule has 0 radical (unpaired) electrons. The fourth-order valence-corrected chi connectivity index (χ4v) is 4.54. The molecule has 0 bridgehead atoms. The van der Waals surface area contributed by atoms with E-state index in [1.54, 1.807) is 12.1 Å². The second-order valence-electron chi connectivity index (χ2n) is 6.47. The molecule has 4 N–H and O–H groups in total. The lowest BCUT2D eigenvalue weighted by Crippen LogP contribution is -2.16. The van der Waals surface area contributed by atoms with Crippen molar-refractivity contribution in [3.05, 3.63) is 70.2 Å². The van der Waals surface area contributed by atoms with Gasteiger partial charge >= 0.3 is 0 Å². The van der Waals surface area contributed by atoms with E-state index in [0.717, 1.165) is 29.0 Å². The molecule has 0 fully saturated rings. The lowest BCUT2D eigenvalue weighted by Gasteiger charge is -2.09. The van der Waals surface area contributed by atoms with Crippen LogP contribution in [0.5, 0.6) is 0 Å². The minimum absolute atomic E-state index is 0.122. The number of hydrogen-bond donors (Lipinski definition) is 3. The van der Waals surface area contributed by atoms with Crippen molar-refractivity contribution >= 4 is 38.2 Å². The molecule has 1 heterocycles. The Kier molecular flexibility index (Phi) is 6.31. The van der Waals surface area contributed by atoms with Gasteiger partial charge < -0.3 is 11.1 Å². The molecular weight excluding hydrogens is 410 g/mol. The number of nitrogens with zero attached hydrogens (tertiary/aromatic N) is 1. The Labute approximate surface area is 173 Å². The minimum Gasteiger partial charge on any atom is -0.375 e. The SMILES string of the molecule is CCCc1nc(N)sc1Cc1ccc(NC(=O)c2ccccc2S(=O)(=O)O)cc1. The Hall–Kier alpha value is -2.75. The van der Waals surface area contributed by atoms with Crippen molar-refractivity contribution in [3.8, 4) is 0 Å². The van der Waals surface area contributed by atoms with Gasteiger partial charge in [0.25, 0.3) is 16.0 Å². The zero-order valence-electron chi connectivity index (χ0n) is 15.8. The standard InChI is InChI=1S/C20H21N3O4S2/c1-2-5-16-17(28-20(21)23-16)12-13-8-10-14(11-9-13)22-19(24)15-6-3-4-7-18(15)29(25,26)27/h3-4,6-11H,2,5,12H2,1H3,(H2,21,23)(H,22,24)(H,25,26,27). The lowest BCUT2D eigenvalue weighted by atomic mass is 10.1. The van der Waals surface area contributed by atoms with E-state index in [2.05, 4.69) is 17.2 Å². The molecule has 0 aliphatic rings. The minimum atomic E-state index is -4.49. The number of amides is 1. The van der Waals surface area contributed by atoms with Gasteiger partial charge in [0, 0.05) is 17.0 Å². The molecule has 9 heteroatoms. The van der Waals surface area contributed by atoms with Crippen molar-refractivity contribution in [2.75, 3.05) is 11.1 Å². The normalized spacial score (nSPS) is 11.4. The second-order valence-corrected chi connectivity index (χ2v) is 8.98. The van der Waals surface area contributed by atoms with Crippen LogP contribution in [0.2, 0.25) is 0 Å². The zero-order valence-corrected chi connectivity index (χ0v) is 17.4. The maximum absolute atomic E-state index is 12.5. The molecule has 0 saturated carbocycles. The Morgan fingerprint density at radius 3 is 2.52 bits per heavy atom. The molecule has 0 aliphatic carbocycles. The van der Waals surface area contributed by atoms with Gasteiger partial charge in [-0.1, -0.05) is 37.6 Å². The number of thiazole rings is 1. The summed E-state index contributed by atoms with van der Waals surface area (Å²) >= 11 is 1.48. The first-order valence-corrected chi connectivity index (χ1v) is 11.2. The third-order valence-corrected chi connectivity index (χ3v) is 6.11. The van der Waals surface area contributed by atoms with Gasteiger partial charge in [0.05, 0.1) is 11.3 Å². The first kappa shape index (κ1) is 21.0. The summed E-state index contributed by atoms with van der Waals surface area (Å²) < 4.78 is 32.2. The molecule has 0 unspecified atom stereocenters. The third kappa shape index (κ3) is 5.20. The largest absolute Gasteiger partial charge is 0.375 e. The van der Waals surface area contributed by atoms with E-state index in [1.165, 1.54) is 35.6 Å². The first-order chi connectivity index (χ1) is 13.8. The summed E-state index contributed by atoms with van der Waals surface area (Å²) in [5.74, 6) is -0.619. The predicted molar refractivity (Wildman–Crippen MR) is 114 cm³/mol. The molecule has 0 spiro atoms. The molecular formula is C20H21N3O4S2. The Morgan fingerprint density at radius 1 is 1.17 bits per heavy atom. The van der Waals surface area contributed by atoms with Gasteiger partial charge in [-0.25, -0.2) is 4.98 Å². The number of carbonyl (C=O) groups excluding carboxylic acids is 1. The van der Waals surface area contributed by atoms with Gasteiger partial charge in [0.15, 0.2) is 5.13 Å². The van der Waals surface area contributed by atoms with E-state index in [0.29, 0.717) is 17.2 Å². The molecule has 0 saturated heterocycles. The molecule has 2 aromatic carbocycles. The number of aromatic nitrogens is 1. The van der Waals surface area contributed by atoms with E-state index in [-0.39, 0.29) is 5.56 Å². The topological polar surface area (TPSA) is 122 Å². The molecule has 7 nitrogen and oxygen atoms in total. The van der Waals surface area contributed by atoms with Gasteiger partial charge in [-0.2, -0.15) is 8.42 Å². The van der Waals surface area contributed by atoms with Gasteiger partial charge in [-0.3, -0.25) is 9.35 Å². The number of nitrogens with two attached hydrogens (primary N) is 1. The fourth-order valence-electron chi connectivity index (χ4n) is 2.94. The Morgan fingerprint density at radius 2 is 1.86 bits per heavy atom. The number of rotatable bonds is 7. The van der Waals surface area contributed by atoms with E-state index in [1.807, 2.05) is 12.1 Å². The van der Waals surface area contributed by atoms with Crippen molar-refractivity contribution in [2.24, 2.45) is 0 Å². The smallest absolute Gasteiger partial charge is 0.295 e. The quantitative estimate of drug-likeness (QED) is 0.490. The van der Waals surface area contributed by atoms with Crippen LogP contribution >= 0.6 is 11.3 Å². The summed E-state index contributed by atoms with van der Waals surface area (Å²) in [5.41, 5.74) is 8.30. The maximum atomic E-state index is 12.5. The molecule has 152 valence electrons. The van der Waals surface area contributed by atoms with Crippen LogP contribution in [0.4, 0.5) is 10.8 Å². The zero-order chi connectivity index (χ0) is 21.0. The van der Waals surface area contributed by atoms with Gasteiger partial charge in [0.1, 0.15) is 4.90 Å². The van der Waals surface area contributed by atoms with Crippen LogP contribution < -0.4 is 11.1 Å². The summed E-state index contributed by atoms with van der Waals surface area (Å²) in [6.45, 7) is 2.09. The summed E-state index contributed by atoms with van der Waals surface area (Å²) in [6.07, 6.45) is 2.57. The molecule has 1 aromatic heterocycles. The van der Waals surface area contributed by atoms with Crippen LogP contribution in [0.1, 0.15) is 39.8 Å². The average molecular weight is 432 g/mol. The van der Waals surface area contributed by atoms with E-state index < -0.39 is 20.9 Å². The molecule has 3 rings (SSSR count). The van der Waals surface area contributed by atoms with Gasteiger partial charge in [-0.05, 0) is 36.2 Å². The summed E-state index contributed by atoms with van der Waals surface area (Å²) in [7, 11) is -4.49. The highest BCUT2D eigenvalue weighted by molar-refractivity contribution is 7.86. The van der Waals surface area contributed by atoms with Crippen molar-refractivity contribution in [1.29, 1.82) is 0 Å². The molecule has 3 aromatic rings. The highest BCUT2D eigenvalue weighted by Crippen LogP contribution is 2.25. The third-order valence-electron chi connectivity index (χ3n) is 4.27. The number of benzene rings is 2. The highest BCUT2D eigenvalue weighted by Gasteiger charge is 2.20. The van der Waals surface area contributed by atoms with Crippen LogP contribution in [0.3, 0.4) is 0 Å². The highest BCUT2D eigenvalue weighted by atomic mass is 32.2. The van der Waals surface area contributed by atoms with Crippen LogP contribution in [-0.4, -0.2) is 23.9 Å². The van der Waals surface area contributed by atoms with Gasteiger partial charge in [-0.15, -0.1) is 11.3 Å². The van der Waals surface area contributed by atoms with Crippen LogP contribution in [0.15, 0.2) is 53.4 Å².